The van der Waals surface area contributed by atoms with Crippen molar-refractivity contribution in [1.82, 2.24) is 15.3 Å². The van der Waals surface area contributed by atoms with E-state index in [9.17, 15) is 49.1 Å². The first-order chi connectivity index (χ1) is 16.5. The van der Waals surface area contributed by atoms with E-state index in [-0.39, 0.29) is 10.5 Å². The summed E-state index contributed by atoms with van der Waals surface area (Å²) in [7, 11) is 0. The molecule has 0 bridgehead atoms. The van der Waals surface area contributed by atoms with Gasteiger partial charge in [-0.1, -0.05) is 11.6 Å². The van der Waals surface area contributed by atoms with E-state index in [1.807, 2.05) is 0 Å². The molecule has 17 heteroatoms. The Kier molecular flexibility index (Phi) is 8.65. The number of carbonyl (C=O) groups is 2. The first-order valence-electron chi connectivity index (χ1n) is 9.42. The van der Waals surface area contributed by atoms with Crippen LogP contribution in [0.1, 0.15) is 18.5 Å². The van der Waals surface area contributed by atoms with Gasteiger partial charge in [0.1, 0.15) is 18.1 Å². The summed E-state index contributed by atoms with van der Waals surface area (Å²) < 4.78 is 120. The molecule has 0 aliphatic carbocycles. The molecule has 7 nitrogen and oxygen atoms in total. The minimum Gasteiger partial charge on any atom is -0.406 e. The van der Waals surface area contributed by atoms with Crippen LogP contribution in [0.2, 0.25) is 0 Å². The van der Waals surface area contributed by atoms with E-state index in [0.717, 1.165) is 30.9 Å². The fraction of sp³-hybridized carbons (Fsp3) is 0.368. The quantitative estimate of drug-likeness (QED) is 0.380. The lowest BCUT2D eigenvalue weighted by atomic mass is 10.0. The highest BCUT2D eigenvalue weighted by Gasteiger charge is 2.61. The molecule has 1 aromatic carbocycles. The summed E-state index contributed by atoms with van der Waals surface area (Å²) >= 11 is 5.20. The highest BCUT2D eigenvalue weighted by molar-refractivity contribution is 6.32. The van der Waals surface area contributed by atoms with Crippen molar-refractivity contribution in [3.8, 4) is 5.75 Å². The van der Waals surface area contributed by atoms with Crippen LogP contribution in [0, 0.1) is 0 Å². The average molecular weight is 553 g/mol. The Balaban J connectivity index is 2.57. The fourth-order valence-electron chi connectivity index (χ4n) is 2.82. The number of hydrogen-bond donors (Lipinski definition) is 1. The van der Waals surface area contributed by atoms with E-state index >= 15 is 0 Å². The number of ether oxygens (including phenoxy) is 1. The van der Waals surface area contributed by atoms with Gasteiger partial charge in [0.05, 0.1) is 6.04 Å². The van der Waals surface area contributed by atoms with Crippen LogP contribution in [0.25, 0.3) is 0 Å². The topological polar surface area (TPSA) is 84.4 Å². The van der Waals surface area contributed by atoms with Gasteiger partial charge < -0.3 is 10.1 Å². The molecule has 198 valence electrons. The van der Waals surface area contributed by atoms with Crippen LogP contribution in [-0.4, -0.2) is 51.9 Å². The Morgan fingerprint density at radius 2 is 1.53 bits per heavy atom. The van der Waals surface area contributed by atoms with Gasteiger partial charge >= 0.3 is 18.5 Å². The molecule has 3 atom stereocenters. The monoisotopic (exact) mass is 552 g/mol. The minimum absolute atomic E-state index is 0.238. The smallest absolute Gasteiger partial charge is 0.406 e. The van der Waals surface area contributed by atoms with E-state index in [2.05, 4.69) is 14.7 Å². The van der Waals surface area contributed by atoms with Crippen LogP contribution < -0.4 is 15.0 Å². The molecule has 1 unspecified atom stereocenters. The van der Waals surface area contributed by atoms with Gasteiger partial charge in [0, 0.05) is 23.6 Å². The van der Waals surface area contributed by atoms with Gasteiger partial charge in [-0.25, -0.2) is 14.4 Å². The Bertz CT molecular complexity index is 1050. The zero-order valence-electron chi connectivity index (χ0n) is 17.6. The second-order valence-electron chi connectivity index (χ2n) is 6.98. The third kappa shape index (κ3) is 6.89. The first-order valence-corrected chi connectivity index (χ1v) is 9.86. The molecular formula is C19H14ClF9N4O3. The molecule has 0 aliphatic rings. The number of nitrogens with one attached hydrogen (secondary N) is 1. The molecule has 1 aromatic heterocycles. The van der Waals surface area contributed by atoms with Crippen LogP contribution in [0.15, 0.2) is 43.0 Å². The number of amides is 2. The standard InChI is InChI=1S/C19H14ClF9N4O3/c1-9(17(22,23)18(24,25)26)32-15(34)13(10-6-30-8-31-7-10)33(16(35)14(20)21)11-2-4-12(5-3-11)36-19(27,28)29/h2-9,13-14H,1H3,(H,32,34)/t9-,13?,14+/m1/s1. The van der Waals surface area contributed by atoms with Crippen molar-refractivity contribution in [2.45, 2.75) is 43.1 Å². The van der Waals surface area contributed by atoms with Crippen LogP contribution in [-0.2, 0) is 9.59 Å². The summed E-state index contributed by atoms with van der Waals surface area (Å²) in [6.07, 6.45) is -8.48. The van der Waals surface area contributed by atoms with E-state index in [4.69, 9.17) is 11.6 Å². The number of alkyl halides is 10. The van der Waals surface area contributed by atoms with E-state index in [1.54, 1.807) is 0 Å². The molecule has 1 N–H and O–H groups in total. The summed E-state index contributed by atoms with van der Waals surface area (Å²) in [6.45, 7) is 0.332. The van der Waals surface area contributed by atoms with Gasteiger partial charge in [0.15, 0.2) is 0 Å². The van der Waals surface area contributed by atoms with Crippen molar-refractivity contribution < 1.29 is 53.8 Å². The van der Waals surface area contributed by atoms with E-state index < -0.39 is 59.4 Å². The number of hydrogen-bond acceptors (Lipinski definition) is 5. The molecule has 0 radical (unpaired) electrons. The van der Waals surface area contributed by atoms with Gasteiger partial charge in [-0.15, -0.1) is 13.2 Å². The molecule has 2 rings (SSSR count). The normalized spacial score (nSPS) is 15.0. The van der Waals surface area contributed by atoms with Gasteiger partial charge in [0.2, 0.25) is 5.91 Å². The molecule has 0 fully saturated rings. The third-order valence-electron chi connectivity index (χ3n) is 4.46. The van der Waals surface area contributed by atoms with E-state index in [1.165, 1.54) is 5.32 Å². The maximum absolute atomic E-state index is 13.8. The van der Waals surface area contributed by atoms with Crippen molar-refractivity contribution >= 4 is 29.1 Å². The first kappa shape index (κ1) is 28.9. The average Bonchev–Trinajstić information content (AvgIpc) is 2.76. The second-order valence-corrected chi connectivity index (χ2v) is 7.36. The van der Waals surface area contributed by atoms with Crippen molar-refractivity contribution in [3.63, 3.8) is 0 Å². The van der Waals surface area contributed by atoms with Crippen molar-refractivity contribution in [3.05, 3.63) is 48.5 Å². The molecule has 0 spiro atoms. The zero-order valence-corrected chi connectivity index (χ0v) is 18.4. The van der Waals surface area contributed by atoms with Crippen molar-refractivity contribution in [2.75, 3.05) is 4.90 Å². The fourth-order valence-corrected chi connectivity index (χ4v) is 2.92. The molecule has 0 saturated heterocycles. The lowest BCUT2D eigenvalue weighted by Gasteiger charge is -2.33. The second kappa shape index (κ2) is 10.8. The number of carbonyl (C=O) groups excluding carboxylic acids is 2. The van der Waals surface area contributed by atoms with Crippen LogP contribution in [0.3, 0.4) is 0 Å². The Hall–Kier alpha value is -3.30. The lowest BCUT2D eigenvalue weighted by molar-refractivity contribution is -0.290. The van der Waals surface area contributed by atoms with Gasteiger partial charge in [-0.05, 0) is 31.2 Å². The maximum atomic E-state index is 13.8. The van der Waals surface area contributed by atoms with E-state index in [0.29, 0.717) is 19.1 Å². The third-order valence-corrected chi connectivity index (χ3v) is 4.64. The summed E-state index contributed by atoms with van der Waals surface area (Å²) in [4.78, 5) is 32.9. The van der Waals surface area contributed by atoms with Crippen molar-refractivity contribution in [2.24, 2.45) is 0 Å². The van der Waals surface area contributed by atoms with Gasteiger partial charge in [0.25, 0.3) is 11.5 Å². The molecule has 0 aliphatic heterocycles. The minimum atomic E-state index is -6.06. The van der Waals surface area contributed by atoms with Crippen LogP contribution in [0.5, 0.6) is 5.75 Å². The summed E-state index contributed by atoms with van der Waals surface area (Å²) in [5, 5.41) is 1.41. The molecular weight excluding hydrogens is 539 g/mol. The molecule has 2 amide bonds. The maximum Gasteiger partial charge on any atom is 0.573 e. The Morgan fingerprint density at radius 1 is 1.00 bits per heavy atom. The lowest BCUT2D eigenvalue weighted by Crippen LogP contribution is -2.56. The number of anilines is 1. The number of nitrogens with zero attached hydrogens (tertiary/aromatic N) is 3. The molecule has 2 aromatic rings. The number of halogens is 10. The SMILES string of the molecule is C[C@@H](NC(=O)C(c1cncnc1)N(C(=O)[C@H](F)Cl)c1ccc(OC(F)(F)F)cc1)C(F)(F)C(F)(F)F. The molecule has 36 heavy (non-hydrogen) atoms. The number of rotatable bonds is 8. The number of benzene rings is 1. The molecule has 0 saturated carbocycles. The zero-order chi connectivity index (χ0) is 27.5. The highest BCUT2D eigenvalue weighted by atomic mass is 35.5. The highest BCUT2D eigenvalue weighted by Crippen LogP contribution is 2.39. The predicted octanol–water partition coefficient (Wildman–Crippen LogP) is 4.69. The largest absolute Gasteiger partial charge is 0.573 e. The molecule has 1 heterocycles. The summed E-state index contributed by atoms with van der Waals surface area (Å²) in [6, 6.07) is -2.19. The number of aromatic nitrogens is 2. The Labute approximate surface area is 201 Å². The van der Waals surface area contributed by atoms with Crippen LogP contribution >= 0.6 is 11.6 Å². The Morgan fingerprint density at radius 3 is 1.97 bits per heavy atom. The van der Waals surface area contributed by atoms with Crippen LogP contribution in [0.4, 0.5) is 45.2 Å². The summed E-state index contributed by atoms with van der Waals surface area (Å²) in [5.41, 5.74) is -3.76. The van der Waals surface area contributed by atoms with Crippen molar-refractivity contribution in [1.29, 1.82) is 0 Å². The predicted molar refractivity (Wildman–Crippen MR) is 105 cm³/mol. The summed E-state index contributed by atoms with van der Waals surface area (Å²) in [5.74, 6) is -9.58. The van der Waals surface area contributed by atoms with Gasteiger partial charge in [-0.2, -0.15) is 22.0 Å². The van der Waals surface area contributed by atoms with Gasteiger partial charge in [-0.3, -0.25) is 14.5 Å².